The highest BCUT2D eigenvalue weighted by atomic mass is 16.5. The molecule has 0 aromatic carbocycles. The molecule has 2 aliphatic rings. The number of carbonyl (C=O) groups excluding carboxylic acids is 1. The van der Waals surface area contributed by atoms with Gasteiger partial charge in [-0.3, -0.25) is 9.69 Å². The number of methoxy groups -OCH3 is 2. The first-order valence-electron chi connectivity index (χ1n) is 11.3. The first-order valence-corrected chi connectivity index (χ1v) is 11.3. The summed E-state index contributed by atoms with van der Waals surface area (Å²) in [5, 5.41) is 4.22. The summed E-state index contributed by atoms with van der Waals surface area (Å²) >= 11 is 0. The molecular formula is C24H32N6O3. The highest BCUT2D eigenvalue weighted by Gasteiger charge is 2.33. The zero-order valence-corrected chi connectivity index (χ0v) is 19.9. The molecule has 2 N–H and O–H groups in total. The van der Waals surface area contributed by atoms with E-state index in [0.29, 0.717) is 22.8 Å². The van der Waals surface area contributed by atoms with E-state index in [-0.39, 0.29) is 18.4 Å². The second kappa shape index (κ2) is 9.94. The number of ether oxygens (including phenoxy) is 2. The molecule has 33 heavy (non-hydrogen) atoms. The van der Waals surface area contributed by atoms with Crippen LogP contribution in [0.2, 0.25) is 0 Å². The van der Waals surface area contributed by atoms with Gasteiger partial charge in [-0.1, -0.05) is 0 Å². The Morgan fingerprint density at radius 3 is 2.45 bits per heavy atom. The Hall–Kier alpha value is -2.88. The van der Waals surface area contributed by atoms with Crippen LogP contribution in [0.15, 0.2) is 29.4 Å². The minimum Gasteiger partial charge on any atom is -0.367 e. The third-order valence-electron chi connectivity index (χ3n) is 6.50. The molecule has 3 heterocycles. The number of H-pyrrole nitrogens is 1. The Morgan fingerprint density at radius 2 is 1.85 bits per heavy atom. The van der Waals surface area contributed by atoms with Gasteiger partial charge >= 0.3 is 0 Å². The molecular weight excluding hydrogens is 420 g/mol. The number of carbonyl (C=O) groups is 1. The molecule has 176 valence electrons. The van der Waals surface area contributed by atoms with Crippen molar-refractivity contribution in [3.8, 4) is 0 Å². The average Bonchev–Trinajstić information content (AvgIpc) is 3.54. The maximum absolute atomic E-state index is 12.6. The first kappa shape index (κ1) is 23.3. The van der Waals surface area contributed by atoms with Crippen molar-refractivity contribution in [1.29, 1.82) is 0 Å². The molecule has 1 aliphatic heterocycles. The van der Waals surface area contributed by atoms with Crippen molar-refractivity contribution in [2.24, 2.45) is 5.10 Å². The van der Waals surface area contributed by atoms with Gasteiger partial charge in [0.05, 0.1) is 5.57 Å². The Morgan fingerprint density at radius 1 is 1.18 bits per heavy atom. The summed E-state index contributed by atoms with van der Waals surface area (Å²) < 4.78 is 11.1. The molecule has 0 radical (unpaired) electrons. The molecule has 9 heteroatoms. The number of amides is 1. The minimum absolute atomic E-state index is 0.0563. The number of hydrazone groups is 1. The van der Waals surface area contributed by atoms with Crippen molar-refractivity contribution in [2.75, 3.05) is 20.8 Å². The fraction of sp³-hybridized carbons (Fsp3) is 0.500. The molecule has 9 nitrogen and oxygen atoms in total. The summed E-state index contributed by atoms with van der Waals surface area (Å²) in [7, 11) is 3.43. The van der Waals surface area contributed by atoms with Gasteiger partial charge < -0.3 is 14.5 Å². The van der Waals surface area contributed by atoms with Crippen LogP contribution in [-0.4, -0.2) is 64.7 Å². The predicted molar refractivity (Wildman–Crippen MR) is 126 cm³/mol. The van der Waals surface area contributed by atoms with Crippen LogP contribution in [0.3, 0.4) is 0 Å². The molecule has 2 aromatic heterocycles. The normalized spacial score (nSPS) is 19.2. The van der Waals surface area contributed by atoms with E-state index in [2.05, 4.69) is 37.3 Å². The van der Waals surface area contributed by atoms with E-state index in [1.807, 2.05) is 19.9 Å². The molecule has 0 saturated heterocycles. The van der Waals surface area contributed by atoms with Crippen LogP contribution in [0, 0.1) is 6.92 Å². The van der Waals surface area contributed by atoms with E-state index in [1.54, 1.807) is 26.6 Å². The van der Waals surface area contributed by atoms with Crippen molar-refractivity contribution in [2.45, 2.75) is 58.4 Å². The summed E-state index contributed by atoms with van der Waals surface area (Å²) in [6, 6.07) is 0. The SMILES string of the molecule is COC(C)N(CCc1c(C)[nH]c(C=C2C(=O)NN=C2c2cncnc2)c1C1CC1)C(C)OC. The summed E-state index contributed by atoms with van der Waals surface area (Å²) in [6.45, 7) is 6.96. The van der Waals surface area contributed by atoms with Gasteiger partial charge in [0.15, 0.2) is 0 Å². The van der Waals surface area contributed by atoms with Crippen molar-refractivity contribution in [3.63, 3.8) is 0 Å². The van der Waals surface area contributed by atoms with Gasteiger partial charge in [-0.15, -0.1) is 0 Å². The van der Waals surface area contributed by atoms with E-state index in [4.69, 9.17) is 9.47 Å². The van der Waals surface area contributed by atoms with Gasteiger partial charge in [0.2, 0.25) is 0 Å². The molecule has 1 saturated carbocycles. The number of aryl methyl sites for hydroxylation is 1. The molecule has 2 unspecified atom stereocenters. The molecule has 0 spiro atoms. The minimum atomic E-state index is -0.224. The van der Waals surface area contributed by atoms with Crippen molar-refractivity contribution < 1.29 is 14.3 Å². The van der Waals surface area contributed by atoms with E-state index in [9.17, 15) is 4.79 Å². The number of aromatic nitrogens is 3. The third kappa shape index (κ3) is 4.90. The molecule has 4 rings (SSSR count). The summed E-state index contributed by atoms with van der Waals surface area (Å²) in [5.74, 6) is 0.285. The van der Waals surface area contributed by atoms with Gasteiger partial charge in [-0.05, 0) is 63.2 Å². The van der Waals surface area contributed by atoms with Crippen LogP contribution in [-0.2, 0) is 20.7 Å². The average molecular weight is 453 g/mol. The Bertz CT molecular complexity index is 1050. The van der Waals surface area contributed by atoms with Crippen LogP contribution in [0.25, 0.3) is 6.08 Å². The maximum Gasteiger partial charge on any atom is 0.273 e. The number of rotatable bonds is 10. The van der Waals surface area contributed by atoms with Gasteiger partial charge in [0.1, 0.15) is 24.5 Å². The van der Waals surface area contributed by atoms with Crippen molar-refractivity contribution in [1.82, 2.24) is 25.3 Å². The van der Waals surface area contributed by atoms with Gasteiger partial charge in [-0.25, -0.2) is 15.4 Å². The van der Waals surface area contributed by atoms with E-state index in [0.717, 1.165) is 37.2 Å². The highest BCUT2D eigenvalue weighted by Crippen LogP contribution is 2.45. The molecule has 1 amide bonds. The fourth-order valence-electron chi connectivity index (χ4n) is 4.41. The van der Waals surface area contributed by atoms with Crippen LogP contribution in [0.1, 0.15) is 60.7 Å². The zero-order chi connectivity index (χ0) is 23.5. The van der Waals surface area contributed by atoms with Crippen LogP contribution < -0.4 is 5.43 Å². The number of nitrogens with zero attached hydrogens (tertiary/aromatic N) is 4. The molecule has 2 atom stereocenters. The van der Waals surface area contributed by atoms with E-state index < -0.39 is 0 Å². The van der Waals surface area contributed by atoms with Gasteiger partial charge in [-0.2, -0.15) is 5.10 Å². The molecule has 1 fully saturated rings. The molecule has 0 bridgehead atoms. The summed E-state index contributed by atoms with van der Waals surface area (Å²) in [5.41, 5.74) is 9.07. The van der Waals surface area contributed by atoms with E-state index >= 15 is 0 Å². The zero-order valence-electron chi connectivity index (χ0n) is 19.9. The highest BCUT2D eigenvalue weighted by molar-refractivity contribution is 6.33. The van der Waals surface area contributed by atoms with Crippen molar-refractivity contribution in [3.05, 3.63) is 52.4 Å². The monoisotopic (exact) mass is 452 g/mol. The quantitative estimate of drug-likeness (QED) is 0.424. The number of hydrogen-bond acceptors (Lipinski definition) is 7. The predicted octanol–water partition coefficient (Wildman–Crippen LogP) is 2.74. The Kier molecular flexibility index (Phi) is 7.02. The Balaban J connectivity index is 1.65. The number of nitrogens with one attached hydrogen (secondary N) is 2. The fourth-order valence-corrected chi connectivity index (χ4v) is 4.41. The van der Waals surface area contributed by atoms with Crippen molar-refractivity contribution >= 4 is 17.7 Å². The Labute approximate surface area is 194 Å². The van der Waals surface area contributed by atoms with E-state index in [1.165, 1.54) is 17.5 Å². The smallest absolute Gasteiger partial charge is 0.273 e. The topological polar surface area (TPSA) is 105 Å². The van der Waals surface area contributed by atoms with Gasteiger partial charge in [0.25, 0.3) is 5.91 Å². The van der Waals surface area contributed by atoms with Crippen LogP contribution in [0.4, 0.5) is 0 Å². The molecule has 2 aromatic rings. The summed E-state index contributed by atoms with van der Waals surface area (Å²) in [4.78, 5) is 26.5. The number of aromatic amines is 1. The van der Waals surface area contributed by atoms with Crippen LogP contribution in [0.5, 0.6) is 0 Å². The first-order chi connectivity index (χ1) is 15.9. The maximum atomic E-state index is 12.6. The second-order valence-corrected chi connectivity index (χ2v) is 8.57. The largest absolute Gasteiger partial charge is 0.367 e. The lowest BCUT2D eigenvalue weighted by atomic mass is 9.98. The second-order valence-electron chi connectivity index (χ2n) is 8.57. The standard InChI is InChI=1S/C24H32N6O3/c1-14-19(8-9-30(15(2)32-4)16(3)33-5)22(17-6-7-17)21(27-14)10-20-23(28-29-24(20)31)18-11-25-13-26-12-18/h10-13,15-17,27H,6-9H2,1-5H3,(H,29,31). The lowest BCUT2D eigenvalue weighted by Crippen LogP contribution is -2.43. The number of hydrogen-bond donors (Lipinski definition) is 2. The summed E-state index contributed by atoms with van der Waals surface area (Å²) in [6.07, 6.45) is 9.77. The van der Waals surface area contributed by atoms with Gasteiger partial charge in [0, 0.05) is 50.1 Å². The lowest BCUT2D eigenvalue weighted by Gasteiger charge is -2.32. The van der Waals surface area contributed by atoms with Crippen LogP contribution >= 0.6 is 0 Å². The lowest BCUT2D eigenvalue weighted by molar-refractivity contribution is -0.116. The third-order valence-corrected chi connectivity index (χ3v) is 6.50. The molecule has 1 aliphatic carbocycles.